The van der Waals surface area contributed by atoms with E-state index in [0.717, 1.165) is 6.92 Å². The molecule has 0 heterocycles. The summed E-state index contributed by atoms with van der Waals surface area (Å²) >= 11 is 0. The molecule has 0 aliphatic carbocycles. The molecule has 0 atom stereocenters. The van der Waals surface area contributed by atoms with Gasteiger partial charge in [0.05, 0.1) is 0 Å². The van der Waals surface area contributed by atoms with Crippen molar-refractivity contribution >= 4 is 0 Å². The monoisotopic (exact) mass is 466 g/mol. The first-order valence-electron chi connectivity index (χ1n) is 5.91. The summed E-state index contributed by atoms with van der Waals surface area (Å²) < 4.78 is 40.7. The minimum Gasteiger partial charge on any atom is -0.508 e. The van der Waals surface area contributed by atoms with Crippen molar-refractivity contribution in [1.29, 1.82) is 0 Å². The molecule has 2 aromatic carbocycles. The van der Waals surface area contributed by atoms with Crippen molar-refractivity contribution in [2.24, 2.45) is 0 Å². The van der Waals surface area contributed by atoms with Crippen LogP contribution in [0.15, 0.2) is 48.5 Å². The van der Waals surface area contributed by atoms with E-state index in [2.05, 4.69) is 0 Å². The zero-order valence-electron chi connectivity index (χ0n) is 11.1. The Kier molecular flexibility index (Phi) is 5.11. The van der Waals surface area contributed by atoms with E-state index in [1.54, 1.807) is 0 Å². The number of rotatable bonds is 2. The van der Waals surface area contributed by atoms with E-state index in [-0.39, 0.29) is 43.7 Å². The number of benzene rings is 2. The van der Waals surface area contributed by atoms with Gasteiger partial charge in [-0.2, -0.15) is 13.2 Å². The Morgan fingerprint density at radius 2 is 1.00 bits per heavy atom. The molecule has 0 aromatic heterocycles. The molecule has 0 unspecified atom stereocenters. The summed E-state index contributed by atoms with van der Waals surface area (Å²) in [5, 5.41) is 18.4. The summed E-state index contributed by atoms with van der Waals surface area (Å²) in [4.78, 5) is 0. The fraction of sp³-hybridized carbons (Fsp3) is 0.200. The number of hydrogen-bond acceptors (Lipinski definition) is 2. The third-order valence-electron chi connectivity index (χ3n) is 3.46. The second-order valence-electron chi connectivity index (χ2n) is 4.72. The molecule has 6 heteroatoms. The van der Waals surface area contributed by atoms with Crippen molar-refractivity contribution in [1.82, 2.24) is 0 Å². The van der Waals surface area contributed by atoms with Crippen molar-refractivity contribution in [3.63, 3.8) is 0 Å². The van der Waals surface area contributed by atoms with Gasteiger partial charge in [0.1, 0.15) is 16.9 Å². The Hall–Kier alpha value is -1.48. The van der Waals surface area contributed by atoms with Crippen LogP contribution in [-0.2, 0) is 26.5 Å². The van der Waals surface area contributed by atoms with Crippen LogP contribution in [0, 0.1) is 0 Å². The Morgan fingerprint density at radius 3 is 1.24 bits per heavy atom. The average molecular weight is 466 g/mol. The third kappa shape index (κ3) is 3.24. The number of hydrogen-bond donors (Lipinski definition) is 2. The van der Waals surface area contributed by atoms with Gasteiger partial charge in [-0.1, -0.05) is 24.3 Å². The molecule has 2 nitrogen and oxygen atoms in total. The van der Waals surface area contributed by atoms with Crippen molar-refractivity contribution < 1.29 is 44.4 Å². The van der Waals surface area contributed by atoms with E-state index < -0.39 is 11.6 Å². The van der Waals surface area contributed by atoms with Gasteiger partial charge in [-0.05, 0) is 42.3 Å². The summed E-state index contributed by atoms with van der Waals surface area (Å²) in [5.41, 5.74) is -2.17. The third-order valence-corrected chi connectivity index (χ3v) is 3.46. The number of phenols is 2. The summed E-state index contributed by atoms with van der Waals surface area (Å²) in [7, 11) is 0. The van der Waals surface area contributed by atoms with E-state index in [4.69, 9.17) is 0 Å². The van der Waals surface area contributed by atoms with Crippen molar-refractivity contribution in [2.45, 2.75) is 18.5 Å². The standard InChI is InChI=1S/C15H13F3O2.W/c1-14(15(16,17)18,10-2-6-12(19)7-3-10)11-4-8-13(20)9-5-11;/h2-9,19-20H,1H3;. The van der Waals surface area contributed by atoms with E-state index >= 15 is 0 Å². The average Bonchev–Trinajstić information content (AvgIpc) is 2.38. The molecule has 0 aliphatic heterocycles. The first-order valence-corrected chi connectivity index (χ1v) is 5.91. The minimum absolute atomic E-state index is 0. The van der Waals surface area contributed by atoms with Crippen LogP contribution in [0.5, 0.6) is 11.5 Å². The maximum Gasteiger partial charge on any atom is 0.402 e. The van der Waals surface area contributed by atoms with Gasteiger partial charge >= 0.3 is 6.18 Å². The maximum absolute atomic E-state index is 13.6. The zero-order chi connectivity index (χ0) is 15.0. The number of phenolic OH excluding ortho intramolecular Hbond substituents is 2. The van der Waals surface area contributed by atoms with Crippen molar-refractivity contribution in [3.05, 3.63) is 59.7 Å². The molecule has 112 valence electrons. The summed E-state index contributed by atoms with van der Waals surface area (Å²) in [5.74, 6) is -0.187. The summed E-state index contributed by atoms with van der Waals surface area (Å²) in [6.07, 6.45) is -4.51. The fourth-order valence-corrected chi connectivity index (χ4v) is 2.08. The maximum atomic E-state index is 13.6. The topological polar surface area (TPSA) is 40.5 Å². The van der Waals surface area contributed by atoms with Crippen LogP contribution in [0.1, 0.15) is 18.1 Å². The van der Waals surface area contributed by atoms with E-state index in [1.165, 1.54) is 48.5 Å². The predicted molar refractivity (Wildman–Crippen MR) is 68.7 cm³/mol. The van der Waals surface area contributed by atoms with Gasteiger partial charge in [-0.3, -0.25) is 0 Å². The van der Waals surface area contributed by atoms with Crippen LogP contribution in [0.4, 0.5) is 13.2 Å². The Balaban J connectivity index is 0.00000220. The van der Waals surface area contributed by atoms with Gasteiger partial charge in [0, 0.05) is 21.1 Å². The van der Waals surface area contributed by atoms with E-state index in [0.29, 0.717) is 0 Å². The molecule has 0 aliphatic rings. The molecule has 2 rings (SSSR count). The van der Waals surface area contributed by atoms with Crippen molar-refractivity contribution in [3.8, 4) is 11.5 Å². The van der Waals surface area contributed by atoms with Gasteiger partial charge in [0.25, 0.3) is 0 Å². The second kappa shape index (κ2) is 6.10. The molecule has 2 N–H and O–H groups in total. The molecule has 0 saturated heterocycles. The Morgan fingerprint density at radius 1 is 0.714 bits per heavy atom. The van der Waals surface area contributed by atoms with Gasteiger partial charge in [-0.15, -0.1) is 0 Å². The second-order valence-corrected chi connectivity index (χ2v) is 4.72. The normalized spacial score (nSPS) is 11.8. The molecule has 0 bridgehead atoms. The van der Waals surface area contributed by atoms with E-state index in [9.17, 15) is 23.4 Å². The number of alkyl halides is 3. The van der Waals surface area contributed by atoms with Crippen LogP contribution in [0.3, 0.4) is 0 Å². The van der Waals surface area contributed by atoms with Gasteiger partial charge in [0.15, 0.2) is 0 Å². The van der Waals surface area contributed by atoms with Gasteiger partial charge in [-0.25, -0.2) is 0 Å². The first kappa shape index (κ1) is 17.6. The summed E-state index contributed by atoms with van der Waals surface area (Å²) in [6, 6.07) is 9.87. The van der Waals surface area contributed by atoms with Crippen LogP contribution >= 0.6 is 0 Å². The zero-order valence-corrected chi connectivity index (χ0v) is 14.0. The fourth-order valence-electron chi connectivity index (χ4n) is 2.08. The van der Waals surface area contributed by atoms with Crippen LogP contribution in [0.25, 0.3) is 0 Å². The number of aromatic hydroxyl groups is 2. The number of halogens is 3. The van der Waals surface area contributed by atoms with E-state index in [1.807, 2.05) is 0 Å². The Labute approximate surface area is 134 Å². The quantitative estimate of drug-likeness (QED) is 0.704. The Bertz CT molecular complexity index is 546. The molecular weight excluding hydrogens is 453 g/mol. The first-order chi connectivity index (χ1) is 9.25. The molecule has 0 spiro atoms. The largest absolute Gasteiger partial charge is 0.508 e. The minimum atomic E-state index is -4.51. The molecule has 2 aromatic rings. The molecule has 21 heavy (non-hydrogen) atoms. The molecule has 0 fully saturated rings. The molecular formula is C15H13F3O2W. The SMILES string of the molecule is CC(c1ccc(O)cc1)(c1ccc(O)cc1)C(F)(F)F.[W]. The molecule has 0 saturated carbocycles. The summed E-state index contributed by atoms with van der Waals surface area (Å²) in [6.45, 7) is 1.08. The van der Waals surface area contributed by atoms with Crippen molar-refractivity contribution in [2.75, 3.05) is 0 Å². The predicted octanol–water partition coefficient (Wildman–Crippen LogP) is 3.96. The van der Waals surface area contributed by atoms with Crippen LogP contribution < -0.4 is 0 Å². The van der Waals surface area contributed by atoms with Gasteiger partial charge < -0.3 is 10.2 Å². The molecule has 0 amide bonds. The van der Waals surface area contributed by atoms with Gasteiger partial charge in [0.2, 0.25) is 0 Å². The smallest absolute Gasteiger partial charge is 0.402 e. The molecule has 0 radical (unpaired) electrons. The van der Waals surface area contributed by atoms with Crippen LogP contribution in [-0.4, -0.2) is 16.4 Å². The van der Waals surface area contributed by atoms with Crippen LogP contribution in [0.2, 0.25) is 0 Å².